The fourth-order valence-electron chi connectivity index (χ4n) is 2.55. The molecule has 0 saturated carbocycles. The van der Waals surface area contributed by atoms with Crippen LogP contribution in [0.4, 0.5) is 10.2 Å². The average Bonchev–Trinajstić information content (AvgIpc) is 2.97. The van der Waals surface area contributed by atoms with E-state index in [2.05, 4.69) is 15.2 Å². The summed E-state index contributed by atoms with van der Waals surface area (Å²) in [6.07, 6.45) is 4.07. The molecule has 2 aromatic rings. The summed E-state index contributed by atoms with van der Waals surface area (Å²) in [7, 11) is 0. The molecular formula is C14H14FN5O. The Morgan fingerprint density at radius 1 is 1.33 bits per heavy atom. The summed E-state index contributed by atoms with van der Waals surface area (Å²) in [5.41, 5.74) is 6.22. The number of likely N-dealkylation sites (tertiary alicyclic amines) is 1. The van der Waals surface area contributed by atoms with Crippen LogP contribution in [0.1, 0.15) is 34.9 Å². The molecule has 1 amide bonds. The van der Waals surface area contributed by atoms with E-state index in [1.165, 1.54) is 12.3 Å². The number of aromatic nitrogens is 3. The first-order chi connectivity index (χ1) is 10.2. The molecule has 1 unspecified atom stereocenters. The number of hydrogen-bond acceptors (Lipinski definition) is 5. The fraction of sp³-hybridized carbons (Fsp3) is 0.286. The maximum atomic E-state index is 13.7. The second-order valence-corrected chi connectivity index (χ2v) is 4.90. The molecule has 6 nitrogen and oxygen atoms in total. The van der Waals surface area contributed by atoms with Gasteiger partial charge in [-0.2, -0.15) is 5.10 Å². The molecule has 1 aliphatic rings. The van der Waals surface area contributed by atoms with Gasteiger partial charge in [-0.25, -0.2) is 4.39 Å². The Bertz CT molecular complexity index is 661. The molecule has 0 bridgehead atoms. The van der Waals surface area contributed by atoms with Crippen molar-refractivity contribution in [2.24, 2.45) is 0 Å². The maximum Gasteiger partial charge on any atom is 0.257 e. The summed E-state index contributed by atoms with van der Waals surface area (Å²) in [5, 5.41) is 7.85. The predicted molar refractivity (Wildman–Crippen MR) is 73.7 cm³/mol. The van der Waals surface area contributed by atoms with Crippen LogP contribution < -0.4 is 5.73 Å². The number of nitrogens with two attached hydrogens (primary N) is 1. The van der Waals surface area contributed by atoms with Gasteiger partial charge < -0.3 is 10.6 Å². The molecule has 21 heavy (non-hydrogen) atoms. The maximum absolute atomic E-state index is 13.7. The molecule has 7 heteroatoms. The molecule has 0 radical (unpaired) electrons. The highest BCUT2D eigenvalue weighted by molar-refractivity contribution is 5.94. The number of rotatable bonds is 2. The van der Waals surface area contributed by atoms with Crippen LogP contribution in [0.25, 0.3) is 0 Å². The van der Waals surface area contributed by atoms with Crippen LogP contribution in [0.3, 0.4) is 0 Å². The Morgan fingerprint density at radius 2 is 2.19 bits per heavy atom. The molecule has 1 aliphatic heterocycles. The highest BCUT2D eigenvalue weighted by atomic mass is 19.1. The van der Waals surface area contributed by atoms with Gasteiger partial charge in [0.15, 0.2) is 5.82 Å². The third kappa shape index (κ3) is 2.54. The van der Waals surface area contributed by atoms with Gasteiger partial charge in [0.05, 0.1) is 23.5 Å². The highest BCUT2D eigenvalue weighted by Crippen LogP contribution is 2.32. The van der Waals surface area contributed by atoms with Gasteiger partial charge in [-0.3, -0.25) is 9.78 Å². The lowest BCUT2D eigenvalue weighted by molar-refractivity contribution is 0.0727. The monoisotopic (exact) mass is 287 g/mol. The van der Waals surface area contributed by atoms with Gasteiger partial charge in [0, 0.05) is 12.7 Å². The summed E-state index contributed by atoms with van der Waals surface area (Å²) >= 11 is 0. The second-order valence-electron chi connectivity index (χ2n) is 4.90. The number of carbonyl (C=O) groups is 1. The quantitative estimate of drug-likeness (QED) is 0.906. The molecule has 108 valence electrons. The van der Waals surface area contributed by atoms with E-state index >= 15 is 0 Å². The third-order valence-electron chi connectivity index (χ3n) is 3.56. The average molecular weight is 287 g/mol. The minimum absolute atomic E-state index is 0.0281. The topological polar surface area (TPSA) is 85.0 Å². The molecular weight excluding hydrogens is 273 g/mol. The smallest absolute Gasteiger partial charge is 0.257 e. The number of hydrogen-bond donors (Lipinski definition) is 1. The van der Waals surface area contributed by atoms with E-state index in [4.69, 9.17) is 5.73 Å². The molecule has 0 aliphatic carbocycles. The van der Waals surface area contributed by atoms with Crippen LogP contribution >= 0.6 is 0 Å². The van der Waals surface area contributed by atoms with Gasteiger partial charge in [0.25, 0.3) is 5.91 Å². The SMILES string of the molecule is Nc1ccc(C2CCCN2C(=O)c2ccncc2F)nn1. The van der Waals surface area contributed by atoms with Crippen LogP contribution in [-0.2, 0) is 0 Å². The number of pyridine rings is 1. The Labute approximate surface area is 120 Å². The van der Waals surface area contributed by atoms with E-state index in [1.807, 2.05) is 0 Å². The Hall–Kier alpha value is -2.57. The normalized spacial score (nSPS) is 18.0. The zero-order valence-electron chi connectivity index (χ0n) is 11.2. The Balaban J connectivity index is 1.89. The van der Waals surface area contributed by atoms with E-state index in [0.717, 1.165) is 19.0 Å². The Kier molecular flexibility index (Phi) is 3.47. The lowest BCUT2D eigenvalue weighted by Crippen LogP contribution is -2.31. The van der Waals surface area contributed by atoms with Crippen LogP contribution in [0.15, 0.2) is 30.6 Å². The zero-order valence-corrected chi connectivity index (χ0v) is 11.2. The standard InChI is InChI=1S/C14H14FN5O/c15-10-8-17-6-5-9(10)14(21)20-7-1-2-12(20)11-3-4-13(16)19-18-11/h3-6,8,12H,1-2,7H2,(H2,16,19). The molecule has 3 heterocycles. The van der Waals surface area contributed by atoms with Crippen molar-refractivity contribution in [1.29, 1.82) is 0 Å². The van der Waals surface area contributed by atoms with Gasteiger partial charge in [0.2, 0.25) is 0 Å². The fourth-order valence-corrected chi connectivity index (χ4v) is 2.55. The largest absolute Gasteiger partial charge is 0.382 e. The van der Waals surface area contributed by atoms with E-state index in [1.54, 1.807) is 17.0 Å². The molecule has 2 N–H and O–H groups in total. The van der Waals surface area contributed by atoms with Gasteiger partial charge in [0.1, 0.15) is 5.82 Å². The first kappa shape index (κ1) is 13.4. The Morgan fingerprint density at radius 3 is 2.90 bits per heavy atom. The molecule has 0 aromatic carbocycles. The van der Waals surface area contributed by atoms with Gasteiger partial charge in [-0.05, 0) is 31.0 Å². The third-order valence-corrected chi connectivity index (χ3v) is 3.56. The van der Waals surface area contributed by atoms with Crippen molar-refractivity contribution in [3.63, 3.8) is 0 Å². The van der Waals surface area contributed by atoms with Crippen molar-refractivity contribution in [2.75, 3.05) is 12.3 Å². The van der Waals surface area contributed by atoms with Gasteiger partial charge in [-0.15, -0.1) is 5.10 Å². The molecule has 0 spiro atoms. The van der Waals surface area contributed by atoms with Crippen LogP contribution in [0, 0.1) is 5.82 Å². The van der Waals surface area contributed by atoms with Gasteiger partial charge in [-0.1, -0.05) is 0 Å². The number of nitrogens with zero attached hydrogens (tertiary/aromatic N) is 4. The minimum atomic E-state index is -0.614. The molecule has 3 rings (SSSR count). The van der Waals surface area contributed by atoms with Crippen LogP contribution in [0.2, 0.25) is 0 Å². The van der Waals surface area contributed by atoms with Gasteiger partial charge >= 0.3 is 0 Å². The summed E-state index contributed by atoms with van der Waals surface area (Å²) in [6, 6.07) is 4.60. The molecule has 1 fully saturated rings. The number of halogens is 1. The van der Waals surface area contributed by atoms with Crippen molar-refractivity contribution >= 4 is 11.7 Å². The van der Waals surface area contributed by atoms with Crippen LogP contribution in [0.5, 0.6) is 0 Å². The second kappa shape index (κ2) is 5.43. The highest BCUT2D eigenvalue weighted by Gasteiger charge is 2.32. The lowest BCUT2D eigenvalue weighted by atomic mass is 10.1. The van der Waals surface area contributed by atoms with E-state index in [-0.39, 0.29) is 17.5 Å². The number of amides is 1. The summed E-state index contributed by atoms with van der Waals surface area (Å²) in [5.74, 6) is -0.637. The molecule has 1 saturated heterocycles. The van der Waals surface area contributed by atoms with Crippen molar-refractivity contribution in [1.82, 2.24) is 20.1 Å². The summed E-state index contributed by atoms with van der Waals surface area (Å²) in [4.78, 5) is 17.8. The number of anilines is 1. The number of nitrogen functional groups attached to an aromatic ring is 1. The van der Waals surface area contributed by atoms with Crippen molar-refractivity contribution < 1.29 is 9.18 Å². The van der Waals surface area contributed by atoms with Crippen molar-refractivity contribution in [3.8, 4) is 0 Å². The van der Waals surface area contributed by atoms with E-state index in [0.29, 0.717) is 18.1 Å². The molecule has 2 aromatic heterocycles. The van der Waals surface area contributed by atoms with Crippen molar-refractivity contribution in [2.45, 2.75) is 18.9 Å². The minimum Gasteiger partial charge on any atom is -0.382 e. The lowest BCUT2D eigenvalue weighted by Gasteiger charge is -2.24. The summed E-state index contributed by atoms with van der Waals surface area (Å²) in [6.45, 7) is 0.567. The first-order valence-corrected chi connectivity index (χ1v) is 6.66. The molecule has 1 atom stereocenters. The zero-order chi connectivity index (χ0) is 14.8. The number of carbonyl (C=O) groups excluding carboxylic acids is 1. The predicted octanol–water partition coefficient (Wildman–Crippen LogP) is 1.57. The van der Waals surface area contributed by atoms with Crippen LogP contribution in [-0.4, -0.2) is 32.5 Å². The van der Waals surface area contributed by atoms with E-state index < -0.39 is 5.82 Å². The van der Waals surface area contributed by atoms with Crippen molar-refractivity contribution in [3.05, 3.63) is 47.7 Å². The van der Waals surface area contributed by atoms with E-state index in [9.17, 15) is 9.18 Å². The summed E-state index contributed by atoms with van der Waals surface area (Å²) < 4.78 is 13.7. The first-order valence-electron chi connectivity index (χ1n) is 6.66.